The van der Waals surface area contributed by atoms with E-state index in [9.17, 15) is 14.7 Å². The van der Waals surface area contributed by atoms with Gasteiger partial charge >= 0.3 is 5.97 Å². The number of phenolic OH excluding ortho intramolecular Hbond substituents is 1. The van der Waals surface area contributed by atoms with Crippen LogP contribution >= 0.6 is 0 Å². The Kier molecular flexibility index (Phi) is 5.84. The minimum Gasteiger partial charge on any atom is -0.507 e. The first-order valence-corrected chi connectivity index (χ1v) is 7.47. The van der Waals surface area contributed by atoms with Gasteiger partial charge < -0.3 is 24.6 Å². The average molecular weight is 345 g/mol. The standard InChI is InChI=1S/C18H19NO6/c1-11(17(21)19-12-5-4-6-13(9-12)23-2)25-18(22)15-8-7-14(24-3)10-16(15)20/h4-11,20H,1-3H3,(H,19,21)/t11-/m1/s1. The Morgan fingerprint density at radius 1 is 1.04 bits per heavy atom. The van der Waals surface area contributed by atoms with Gasteiger partial charge in [0.05, 0.1) is 14.2 Å². The van der Waals surface area contributed by atoms with E-state index in [0.717, 1.165) is 0 Å². The van der Waals surface area contributed by atoms with Crippen LogP contribution in [0.15, 0.2) is 42.5 Å². The summed E-state index contributed by atoms with van der Waals surface area (Å²) in [5.74, 6) is -0.615. The summed E-state index contributed by atoms with van der Waals surface area (Å²) in [7, 11) is 2.96. The summed E-state index contributed by atoms with van der Waals surface area (Å²) in [6, 6.07) is 11.0. The normalized spacial score (nSPS) is 11.3. The Labute approximate surface area is 145 Å². The molecule has 2 aromatic rings. The topological polar surface area (TPSA) is 94.1 Å². The maximum Gasteiger partial charge on any atom is 0.342 e. The second kappa shape index (κ2) is 8.05. The number of hydrogen-bond acceptors (Lipinski definition) is 6. The Balaban J connectivity index is 2.01. The maximum absolute atomic E-state index is 12.2. The van der Waals surface area contributed by atoms with E-state index in [4.69, 9.17) is 14.2 Å². The molecule has 0 saturated carbocycles. The first kappa shape index (κ1) is 18.1. The molecule has 0 spiro atoms. The smallest absolute Gasteiger partial charge is 0.342 e. The quantitative estimate of drug-likeness (QED) is 0.782. The molecule has 0 saturated heterocycles. The van der Waals surface area contributed by atoms with Crippen molar-refractivity contribution in [1.29, 1.82) is 0 Å². The molecule has 2 aromatic carbocycles. The third-order valence-corrected chi connectivity index (χ3v) is 3.42. The van der Waals surface area contributed by atoms with Crippen molar-refractivity contribution in [2.24, 2.45) is 0 Å². The van der Waals surface area contributed by atoms with Crippen molar-refractivity contribution in [1.82, 2.24) is 0 Å². The number of nitrogens with one attached hydrogen (secondary N) is 1. The predicted molar refractivity (Wildman–Crippen MR) is 91.2 cm³/mol. The number of methoxy groups -OCH3 is 2. The Morgan fingerprint density at radius 2 is 1.72 bits per heavy atom. The molecule has 1 amide bonds. The zero-order valence-corrected chi connectivity index (χ0v) is 14.1. The van der Waals surface area contributed by atoms with Gasteiger partial charge in [-0.1, -0.05) is 6.07 Å². The number of hydrogen-bond donors (Lipinski definition) is 2. The van der Waals surface area contributed by atoms with Gasteiger partial charge in [-0.05, 0) is 31.2 Å². The van der Waals surface area contributed by atoms with Gasteiger partial charge in [0.2, 0.25) is 0 Å². The van der Waals surface area contributed by atoms with Gasteiger partial charge in [0.1, 0.15) is 22.8 Å². The van der Waals surface area contributed by atoms with Crippen LogP contribution in [0.3, 0.4) is 0 Å². The molecule has 0 aliphatic rings. The summed E-state index contributed by atoms with van der Waals surface area (Å²) in [6.07, 6.45) is -1.06. The van der Waals surface area contributed by atoms with Crippen molar-refractivity contribution in [3.63, 3.8) is 0 Å². The van der Waals surface area contributed by atoms with Crippen molar-refractivity contribution in [3.8, 4) is 17.2 Å². The SMILES string of the molecule is COc1cccc(NC(=O)[C@@H](C)OC(=O)c2ccc(OC)cc2O)c1. The van der Waals surface area contributed by atoms with Crippen LogP contribution in [0, 0.1) is 0 Å². The average Bonchev–Trinajstić information content (AvgIpc) is 2.61. The highest BCUT2D eigenvalue weighted by molar-refractivity contribution is 5.98. The van der Waals surface area contributed by atoms with E-state index in [0.29, 0.717) is 17.2 Å². The van der Waals surface area contributed by atoms with Crippen molar-refractivity contribution in [2.45, 2.75) is 13.0 Å². The van der Waals surface area contributed by atoms with Crippen LogP contribution in [0.4, 0.5) is 5.69 Å². The van der Waals surface area contributed by atoms with Gasteiger partial charge in [0.25, 0.3) is 5.91 Å². The second-order valence-corrected chi connectivity index (χ2v) is 5.15. The number of esters is 1. The van der Waals surface area contributed by atoms with E-state index in [-0.39, 0.29) is 11.3 Å². The molecule has 0 bridgehead atoms. The number of anilines is 1. The van der Waals surface area contributed by atoms with E-state index in [1.807, 2.05) is 0 Å². The highest BCUT2D eigenvalue weighted by Crippen LogP contribution is 2.24. The highest BCUT2D eigenvalue weighted by Gasteiger charge is 2.21. The molecule has 25 heavy (non-hydrogen) atoms. The largest absolute Gasteiger partial charge is 0.507 e. The van der Waals surface area contributed by atoms with Gasteiger partial charge in [-0.15, -0.1) is 0 Å². The fourth-order valence-electron chi connectivity index (χ4n) is 2.03. The molecule has 0 aliphatic carbocycles. The van der Waals surface area contributed by atoms with E-state index in [1.165, 1.54) is 39.3 Å². The zero-order chi connectivity index (χ0) is 18.4. The molecule has 0 fully saturated rings. The summed E-state index contributed by atoms with van der Waals surface area (Å²) in [6.45, 7) is 1.44. The Hall–Kier alpha value is -3.22. The van der Waals surface area contributed by atoms with Crippen LogP contribution in [-0.2, 0) is 9.53 Å². The number of benzene rings is 2. The summed E-state index contributed by atoms with van der Waals surface area (Å²) in [5.41, 5.74) is 0.460. The molecule has 132 valence electrons. The molecule has 0 heterocycles. The number of aromatic hydroxyl groups is 1. The lowest BCUT2D eigenvalue weighted by atomic mass is 10.2. The molecule has 0 aromatic heterocycles. The first-order chi connectivity index (χ1) is 11.9. The molecule has 7 heteroatoms. The predicted octanol–water partition coefficient (Wildman–Crippen LogP) is 2.59. The second-order valence-electron chi connectivity index (χ2n) is 5.15. The van der Waals surface area contributed by atoms with Crippen LogP contribution < -0.4 is 14.8 Å². The summed E-state index contributed by atoms with van der Waals surface area (Å²) < 4.78 is 15.1. The van der Waals surface area contributed by atoms with Crippen LogP contribution in [0.1, 0.15) is 17.3 Å². The minimum absolute atomic E-state index is 0.0539. The van der Waals surface area contributed by atoms with Gasteiger partial charge in [0.15, 0.2) is 6.10 Å². The van der Waals surface area contributed by atoms with E-state index < -0.39 is 18.0 Å². The van der Waals surface area contributed by atoms with Crippen molar-refractivity contribution >= 4 is 17.6 Å². The Bertz CT molecular complexity index is 774. The molecule has 0 unspecified atom stereocenters. The van der Waals surface area contributed by atoms with Gasteiger partial charge in [-0.25, -0.2) is 4.79 Å². The number of phenols is 1. The summed E-state index contributed by atoms with van der Waals surface area (Å²) in [4.78, 5) is 24.3. The Morgan fingerprint density at radius 3 is 2.36 bits per heavy atom. The molecular weight excluding hydrogens is 326 g/mol. The minimum atomic E-state index is -1.06. The van der Waals surface area contributed by atoms with E-state index >= 15 is 0 Å². The zero-order valence-electron chi connectivity index (χ0n) is 14.1. The van der Waals surface area contributed by atoms with E-state index in [1.54, 1.807) is 24.3 Å². The number of ether oxygens (including phenoxy) is 3. The van der Waals surface area contributed by atoms with Crippen LogP contribution in [0.5, 0.6) is 17.2 Å². The van der Waals surface area contributed by atoms with Gasteiger partial charge in [-0.3, -0.25) is 4.79 Å². The molecule has 0 radical (unpaired) electrons. The number of rotatable bonds is 6. The molecule has 1 atom stereocenters. The fourth-order valence-corrected chi connectivity index (χ4v) is 2.03. The van der Waals surface area contributed by atoms with Crippen LogP contribution in [-0.4, -0.2) is 37.3 Å². The fraction of sp³-hybridized carbons (Fsp3) is 0.222. The van der Waals surface area contributed by atoms with Crippen LogP contribution in [0.2, 0.25) is 0 Å². The molecule has 2 rings (SSSR count). The molecule has 0 aliphatic heterocycles. The van der Waals surface area contributed by atoms with Crippen molar-refractivity contribution < 1.29 is 28.9 Å². The lowest BCUT2D eigenvalue weighted by Gasteiger charge is -2.14. The lowest BCUT2D eigenvalue weighted by molar-refractivity contribution is -0.123. The molecule has 7 nitrogen and oxygen atoms in total. The number of carbonyl (C=O) groups excluding carboxylic acids is 2. The highest BCUT2D eigenvalue weighted by atomic mass is 16.5. The number of amides is 1. The third kappa shape index (κ3) is 4.63. The van der Waals surface area contributed by atoms with Gasteiger partial charge in [0, 0.05) is 17.8 Å². The summed E-state index contributed by atoms with van der Waals surface area (Å²) >= 11 is 0. The van der Waals surface area contributed by atoms with Gasteiger partial charge in [-0.2, -0.15) is 0 Å². The lowest BCUT2D eigenvalue weighted by Crippen LogP contribution is -2.30. The molecule has 2 N–H and O–H groups in total. The maximum atomic E-state index is 12.2. The van der Waals surface area contributed by atoms with Crippen molar-refractivity contribution in [3.05, 3.63) is 48.0 Å². The number of carbonyl (C=O) groups is 2. The van der Waals surface area contributed by atoms with E-state index in [2.05, 4.69) is 5.32 Å². The van der Waals surface area contributed by atoms with Crippen molar-refractivity contribution in [2.75, 3.05) is 19.5 Å². The first-order valence-electron chi connectivity index (χ1n) is 7.47. The van der Waals surface area contributed by atoms with Crippen LogP contribution in [0.25, 0.3) is 0 Å². The third-order valence-electron chi connectivity index (χ3n) is 3.42. The summed E-state index contributed by atoms with van der Waals surface area (Å²) in [5, 5.41) is 12.5. The monoisotopic (exact) mass is 345 g/mol. The molecular formula is C18H19NO6.